The van der Waals surface area contributed by atoms with Crippen LogP contribution in [0.3, 0.4) is 0 Å². The van der Waals surface area contributed by atoms with Crippen molar-refractivity contribution in [1.82, 2.24) is 0 Å². The maximum atomic E-state index is 11.8. The second kappa shape index (κ2) is 5.61. The van der Waals surface area contributed by atoms with Crippen molar-refractivity contribution in [2.24, 2.45) is 0 Å². The SMILES string of the molecule is COc1cccc(NC=O)c1C1CCCS(=O)(=O)C1. The Bertz CT molecular complexity index is 568. The van der Waals surface area contributed by atoms with E-state index in [1.165, 1.54) is 0 Å². The summed E-state index contributed by atoms with van der Waals surface area (Å²) in [6.45, 7) is 0. The summed E-state index contributed by atoms with van der Waals surface area (Å²) in [6, 6.07) is 5.31. The van der Waals surface area contributed by atoms with E-state index < -0.39 is 9.84 Å². The second-order valence-electron chi connectivity index (χ2n) is 4.64. The van der Waals surface area contributed by atoms with Gasteiger partial charge in [0.25, 0.3) is 0 Å². The number of anilines is 1. The van der Waals surface area contributed by atoms with Crippen LogP contribution in [-0.2, 0) is 14.6 Å². The third-order valence-corrected chi connectivity index (χ3v) is 5.19. The highest BCUT2D eigenvalue weighted by molar-refractivity contribution is 7.91. The lowest BCUT2D eigenvalue weighted by Crippen LogP contribution is -2.24. The summed E-state index contributed by atoms with van der Waals surface area (Å²) in [5.74, 6) is 0.849. The van der Waals surface area contributed by atoms with Gasteiger partial charge in [-0.2, -0.15) is 0 Å². The van der Waals surface area contributed by atoms with Gasteiger partial charge in [-0.3, -0.25) is 4.79 Å². The van der Waals surface area contributed by atoms with Gasteiger partial charge in [-0.05, 0) is 25.0 Å². The first-order valence-electron chi connectivity index (χ1n) is 6.15. The number of carbonyl (C=O) groups is 1. The van der Waals surface area contributed by atoms with E-state index in [9.17, 15) is 13.2 Å². The van der Waals surface area contributed by atoms with Gasteiger partial charge in [0.15, 0.2) is 9.84 Å². The minimum absolute atomic E-state index is 0.112. The molecule has 0 radical (unpaired) electrons. The van der Waals surface area contributed by atoms with E-state index in [-0.39, 0.29) is 17.4 Å². The molecule has 1 atom stereocenters. The van der Waals surface area contributed by atoms with Crippen molar-refractivity contribution < 1.29 is 17.9 Å². The Kier molecular flexibility index (Phi) is 4.09. The first-order chi connectivity index (χ1) is 9.07. The van der Waals surface area contributed by atoms with Crippen molar-refractivity contribution in [2.75, 3.05) is 23.9 Å². The molecule has 0 spiro atoms. The largest absolute Gasteiger partial charge is 0.496 e. The molecular weight excluding hydrogens is 266 g/mol. The molecule has 1 N–H and O–H groups in total. The third kappa shape index (κ3) is 3.07. The molecule has 5 nitrogen and oxygen atoms in total. The predicted molar refractivity (Wildman–Crippen MR) is 73.3 cm³/mol. The summed E-state index contributed by atoms with van der Waals surface area (Å²) in [5.41, 5.74) is 1.40. The first-order valence-corrected chi connectivity index (χ1v) is 7.97. The van der Waals surface area contributed by atoms with Crippen LogP contribution < -0.4 is 10.1 Å². The molecule has 19 heavy (non-hydrogen) atoms. The summed E-state index contributed by atoms with van der Waals surface area (Å²) < 4.78 is 28.8. The van der Waals surface area contributed by atoms with Crippen LogP contribution in [0.25, 0.3) is 0 Å². The molecule has 0 aromatic heterocycles. The fourth-order valence-corrected chi connectivity index (χ4v) is 4.30. The molecule has 1 heterocycles. The Morgan fingerprint density at radius 2 is 2.21 bits per heavy atom. The van der Waals surface area contributed by atoms with Gasteiger partial charge in [0.05, 0.1) is 18.6 Å². The van der Waals surface area contributed by atoms with Gasteiger partial charge < -0.3 is 10.1 Å². The van der Waals surface area contributed by atoms with Gasteiger partial charge in [0.1, 0.15) is 5.75 Å². The van der Waals surface area contributed by atoms with Crippen molar-refractivity contribution in [3.63, 3.8) is 0 Å². The highest BCUT2D eigenvalue weighted by atomic mass is 32.2. The minimum atomic E-state index is -3.01. The highest BCUT2D eigenvalue weighted by Crippen LogP contribution is 2.38. The van der Waals surface area contributed by atoms with Crippen molar-refractivity contribution in [2.45, 2.75) is 18.8 Å². The quantitative estimate of drug-likeness (QED) is 0.851. The lowest BCUT2D eigenvalue weighted by atomic mass is 9.93. The van der Waals surface area contributed by atoms with Crippen LogP contribution in [0.1, 0.15) is 24.3 Å². The Balaban J connectivity index is 2.44. The van der Waals surface area contributed by atoms with E-state index >= 15 is 0 Å². The molecule has 0 aliphatic carbocycles. The van der Waals surface area contributed by atoms with E-state index in [0.29, 0.717) is 24.3 Å². The number of carbonyl (C=O) groups excluding carboxylic acids is 1. The Labute approximate surface area is 112 Å². The van der Waals surface area contributed by atoms with E-state index in [1.54, 1.807) is 25.3 Å². The number of methoxy groups -OCH3 is 1. The average Bonchev–Trinajstić information content (AvgIpc) is 2.37. The van der Waals surface area contributed by atoms with Crippen molar-refractivity contribution >= 4 is 21.9 Å². The van der Waals surface area contributed by atoms with Gasteiger partial charge in [-0.1, -0.05) is 6.07 Å². The number of rotatable bonds is 4. The van der Waals surface area contributed by atoms with E-state index in [4.69, 9.17) is 4.74 Å². The fourth-order valence-electron chi connectivity index (χ4n) is 2.58. The lowest BCUT2D eigenvalue weighted by Gasteiger charge is -2.25. The molecule has 1 saturated heterocycles. The zero-order valence-corrected chi connectivity index (χ0v) is 11.6. The lowest BCUT2D eigenvalue weighted by molar-refractivity contribution is -0.105. The summed E-state index contributed by atoms with van der Waals surface area (Å²) in [6.07, 6.45) is 2.02. The molecule has 2 rings (SSSR count). The van der Waals surface area contributed by atoms with Crippen molar-refractivity contribution in [3.05, 3.63) is 23.8 Å². The van der Waals surface area contributed by atoms with E-state index in [0.717, 1.165) is 12.0 Å². The van der Waals surface area contributed by atoms with Gasteiger partial charge in [-0.15, -0.1) is 0 Å². The normalized spacial score (nSPS) is 21.6. The summed E-state index contributed by atoms with van der Waals surface area (Å²) >= 11 is 0. The smallest absolute Gasteiger partial charge is 0.211 e. The predicted octanol–water partition coefficient (Wildman–Crippen LogP) is 1.56. The van der Waals surface area contributed by atoms with Crippen LogP contribution in [0.2, 0.25) is 0 Å². The fraction of sp³-hybridized carbons (Fsp3) is 0.462. The summed E-state index contributed by atoms with van der Waals surface area (Å²) in [7, 11) is -1.47. The number of hydrogen-bond acceptors (Lipinski definition) is 4. The van der Waals surface area contributed by atoms with Crippen LogP contribution >= 0.6 is 0 Å². The summed E-state index contributed by atoms with van der Waals surface area (Å²) in [5, 5.41) is 2.62. The molecule has 1 aromatic carbocycles. The molecule has 1 fully saturated rings. The van der Waals surface area contributed by atoms with Crippen LogP contribution in [-0.4, -0.2) is 33.4 Å². The zero-order chi connectivity index (χ0) is 13.9. The number of benzene rings is 1. The molecule has 1 unspecified atom stereocenters. The van der Waals surface area contributed by atoms with E-state index in [2.05, 4.69) is 5.32 Å². The molecule has 1 amide bonds. The average molecular weight is 283 g/mol. The highest BCUT2D eigenvalue weighted by Gasteiger charge is 2.29. The Morgan fingerprint density at radius 1 is 1.42 bits per heavy atom. The van der Waals surface area contributed by atoms with Gasteiger partial charge in [0.2, 0.25) is 6.41 Å². The molecule has 1 aromatic rings. The van der Waals surface area contributed by atoms with Crippen LogP contribution in [0.15, 0.2) is 18.2 Å². The number of sulfone groups is 1. The number of amides is 1. The molecule has 0 bridgehead atoms. The van der Waals surface area contributed by atoms with E-state index in [1.807, 2.05) is 0 Å². The molecule has 1 aliphatic rings. The van der Waals surface area contributed by atoms with Crippen LogP contribution in [0.4, 0.5) is 5.69 Å². The topological polar surface area (TPSA) is 72.5 Å². The van der Waals surface area contributed by atoms with Gasteiger partial charge in [-0.25, -0.2) is 8.42 Å². The molecule has 104 valence electrons. The van der Waals surface area contributed by atoms with Crippen LogP contribution in [0.5, 0.6) is 5.75 Å². The maximum absolute atomic E-state index is 11.8. The minimum Gasteiger partial charge on any atom is -0.496 e. The standard InChI is InChI=1S/C13H17NO4S/c1-18-12-6-2-5-11(14-9-15)13(12)10-4-3-7-19(16,17)8-10/h2,5-6,9-10H,3-4,7-8H2,1H3,(H,14,15). The summed E-state index contributed by atoms with van der Waals surface area (Å²) in [4.78, 5) is 10.7. The maximum Gasteiger partial charge on any atom is 0.211 e. The Morgan fingerprint density at radius 3 is 2.84 bits per heavy atom. The van der Waals surface area contributed by atoms with Crippen molar-refractivity contribution in [1.29, 1.82) is 0 Å². The molecule has 0 saturated carbocycles. The second-order valence-corrected chi connectivity index (χ2v) is 6.87. The number of ether oxygens (including phenoxy) is 1. The van der Waals surface area contributed by atoms with Gasteiger partial charge in [0, 0.05) is 17.2 Å². The van der Waals surface area contributed by atoms with Crippen molar-refractivity contribution in [3.8, 4) is 5.75 Å². The number of nitrogens with one attached hydrogen (secondary N) is 1. The monoisotopic (exact) mass is 283 g/mol. The third-order valence-electron chi connectivity index (χ3n) is 3.37. The zero-order valence-electron chi connectivity index (χ0n) is 10.8. The van der Waals surface area contributed by atoms with Gasteiger partial charge >= 0.3 is 0 Å². The molecule has 1 aliphatic heterocycles. The van der Waals surface area contributed by atoms with Crippen LogP contribution in [0, 0.1) is 0 Å². The Hall–Kier alpha value is -1.56. The molecule has 6 heteroatoms. The first kappa shape index (κ1) is 13.9. The molecular formula is C13H17NO4S. The number of hydrogen-bond donors (Lipinski definition) is 1.